The van der Waals surface area contributed by atoms with Crippen molar-refractivity contribution < 1.29 is 4.39 Å². The zero-order valence-corrected chi connectivity index (χ0v) is 11.2. The van der Waals surface area contributed by atoms with E-state index in [1.165, 1.54) is 6.07 Å². The molecule has 8 heteroatoms. The number of nitrogens with zero attached hydrogens (tertiary/aromatic N) is 3. The smallest absolute Gasteiger partial charge is 0.226 e. The van der Waals surface area contributed by atoms with E-state index < -0.39 is 5.82 Å². The van der Waals surface area contributed by atoms with Crippen LogP contribution in [-0.4, -0.2) is 27.2 Å². The van der Waals surface area contributed by atoms with E-state index in [2.05, 4.69) is 30.8 Å². The molecule has 2 aromatic heterocycles. The standard InChI is InChI=1S/C12H10ClFN6/c1-15-12-18-10(6-5-16-20-11(6)19-12)17-8-4-2-3-7(13)9(8)14/h2-5H,1H3,(H3,15,16,17,18,19,20). The Kier molecular flexibility index (Phi) is 3.11. The summed E-state index contributed by atoms with van der Waals surface area (Å²) >= 11 is 5.76. The van der Waals surface area contributed by atoms with E-state index in [0.717, 1.165) is 0 Å². The Balaban J connectivity index is 2.10. The molecular weight excluding hydrogens is 283 g/mol. The number of anilines is 3. The third kappa shape index (κ3) is 2.12. The summed E-state index contributed by atoms with van der Waals surface area (Å²) in [5.74, 6) is 0.302. The zero-order valence-electron chi connectivity index (χ0n) is 10.4. The highest BCUT2D eigenvalue weighted by Gasteiger charge is 2.12. The average molecular weight is 293 g/mol. The van der Waals surface area contributed by atoms with Gasteiger partial charge in [-0.1, -0.05) is 17.7 Å². The molecule has 0 unspecified atom stereocenters. The number of H-pyrrole nitrogens is 1. The van der Waals surface area contributed by atoms with Crippen LogP contribution in [0, 0.1) is 5.82 Å². The van der Waals surface area contributed by atoms with Crippen LogP contribution in [0.3, 0.4) is 0 Å². The summed E-state index contributed by atoms with van der Waals surface area (Å²) < 4.78 is 13.9. The van der Waals surface area contributed by atoms with Gasteiger partial charge in [-0.2, -0.15) is 15.1 Å². The normalized spacial score (nSPS) is 10.8. The van der Waals surface area contributed by atoms with E-state index in [1.807, 2.05) is 0 Å². The molecule has 102 valence electrons. The summed E-state index contributed by atoms with van der Waals surface area (Å²) in [6.07, 6.45) is 1.57. The first kappa shape index (κ1) is 12.6. The van der Waals surface area contributed by atoms with Gasteiger partial charge in [0, 0.05) is 7.05 Å². The topological polar surface area (TPSA) is 78.5 Å². The van der Waals surface area contributed by atoms with E-state index in [0.29, 0.717) is 22.8 Å². The van der Waals surface area contributed by atoms with E-state index in [4.69, 9.17) is 11.6 Å². The van der Waals surface area contributed by atoms with Crippen molar-refractivity contribution in [2.75, 3.05) is 17.7 Å². The molecule has 20 heavy (non-hydrogen) atoms. The fraction of sp³-hybridized carbons (Fsp3) is 0.0833. The van der Waals surface area contributed by atoms with Crippen molar-refractivity contribution in [2.24, 2.45) is 0 Å². The number of hydrogen-bond acceptors (Lipinski definition) is 5. The number of nitrogens with one attached hydrogen (secondary N) is 3. The number of fused-ring (bicyclic) bond motifs is 1. The van der Waals surface area contributed by atoms with Crippen molar-refractivity contribution in [1.29, 1.82) is 0 Å². The van der Waals surface area contributed by atoms with E-state index in [9.17, 15) is 4.39 Å². The predicted octanol–water partition coefficient (Wildman–Crippen LogP) is 2.93. The fourth-order valence-corrected chi connectivity index (χ4v) is 1.94. The molecule has 2 heterocycles. The predicted molar refractivity (Wildman–Crippen MR) is 75.9 cm³/mol. The van der Waals surface area contributed by atoms with Gasteiger partial charge in [0.2, 0.25) is 5.95 Å². The molecule has 0 aliphatic heterocycles. The molecule has 0 saturated heterocycles. The van der Waals surface area contributed by atoms with Gasteiger partial charge in [0.1, 0.15) is 5.82 Å². The van der Waals surface area contributed by atoms with Gasteiger partial charge in [0.15, 0.2) is 11.5 Å². The van der Waals surface area contributed by atoms with Gasteiger partial charge in [-0.15, -0.1) is 0 Å². The van der Waals surface area contributed by atoms with Gasteiger partial charge in [-0.05, 0) is 12.1 Å². The molecule has 0 aliphatic rings. The molecule has 6 nitrogen and oxygen atoms in total. The molecule has 0 spiro atoms. The van der Waals surface area contributed by atoms with Crippen LogP contribution in [0.1, 0.15) is 0 Å². The number of rotatable bonds is 3. The van der Waals surface area contributed by atoms with Gasteiger partial charge in [-0.3, -0.25) is 5.10 Å². The van der Waals surface area contributed by atoms with Crippen LogP contribution < -0.4 is 10.6 Å². The van der Waals surface area contributed by atoms with Gasteiger partial charge < -0.3 is 10.6 Å². The van der Waals surface area contributed by atoms with Crippen molar-refractivity contribution in [2.45, 2.75) is 0 Å². The molecule has 0 aliphatic carbocycles. The molecule has 0 bridgehead atoms. The second-order valence-corrected chi connectivity index (χ2v) is 4.41. The highest BCUT2D eigenvalue weighted by Crippen LogP contribution is 2.28. The Labute approximate surface area is 118 Å². The third-order valence-electron chi connectivity index (χ3n) is 2.74. The number of aromatic amines is 1. The third-order valence-corrected chi connectivity index (χ3v) is 3.03. The van der Waals surface area contributed by atoms with E-state index in [1.54, 1.807) is 25.4 Å². The molecule has 3 aromatic rings. The monoisotopic (exact) mass is 292 g/mol. The summed E-state index contributed by atoms with van der Waals surface area (Å²) in [5.41, 5.74) is 0.787. The minimum absolute atomic E-state index is 0.0429. The maximum atomic E-state index is 13.9. The molecule has 0 saturated carbocycles. The first-order chi connectivity index (χ1) is 9.69. The van der Waals surface area contributed by atoms with Gasteiger partial charge in [-0.25, -0.2) is 4.39 Å². The highest BCUT2D eigenvalue weighted by atomic mass is 35.5. The maximum absolute atomic E-state index is 13.9. The lowest BCUT2D eigenvalue weighted by atomic mass is 10.3. The molecule has 0 atom stereocenters. The molecule has 0 radical (unpaired) electrons. The van der Waals surface area contributed by atoms with Crippen molar-refractivity contribution in [3.05, 3.63) is 35.2 Å². The SMILES string of the molecule is CNc1nc(Nc2cccc(Cl)c2F)c2cn[nH]c2n1. The van der Waals surface area contributed by atoms with Crippen LogP contribution in [0.15, 0.2) is 24.4 Å². The Hall–Kier alpha value is -2.41. The second kappa shape index (κ2) is 4.93. The number of halogens is 2. The first-order valence-electron chi connectivity index (χ1n) is 5.79. The molecule has 0 fully saturated rings. The summed E-state index contributed by atoms with van der Waals surface area (Å²) in [7, 11) is 1.70. The number of benzene rings is 1. The van der Waals surface area contributed by atoms with Gasteiger partial charge in [0.05, 0.1) is 22.3 Å². The highest BCUT2D eigenvalue weighted by molar-refractivity contribution is 6.31. The number of aromatic nitrogens is 4. The Morgan fingerprint density at radius 1 is 1.30 bits per heavy atom. The van der Waals surface area contributed by atoms with Gasteiger partial charge >= 0.3 is 0 Å². The number of hydrogen-bond donors (Lipinski definition) is 3. The fourth-order valence-electron chi connectivity index (χ4n) is 1.77. The minimum Gasteiger partial charge on any atom is -0.357 e. The molecule has 3 N–H and O–H groups in total. The van der Waals surface area contributed by atoms with Crippen LogP contribution in [-0.2, 0) is 0 Å². The lowest BCUT2D eigenvalue weighted by molar-refractivity contribution is 0.632. The van der Waals surface area contributed by atoms with Gasteiger partial charge in [0.25, 0.3) is 0 Å². The molecule has 0 amide bonds. The van der Waals surface area contributed by atoms with Crippen LogP contribution in [0.2, 0.25) is 5.02 Å². The molecule has 3 rings (SSSR count). The van der Waals surface area contributed by atoms with E-state index in [-0.39, 0.29) is 10.7 Å². The molecule has 1 aromatic carbocycles. The summed E-state index contributed by atoms with van der Waals surface area (Å²) in [6, 6.07) is 4.71. The Morgan fingerprint density at radius 2 is 2.15 bits per heavy atom. The van der Waals surface area contributed by atoms with E-state index >= 15 is 0 Å². The quantitative estimate of drug-likeness (QED) is 0.692. The second-order valence-electron chi connectivity index (χ2n) is 4.00. The largest absolute Gasteiger partial charge is 0.357 e. The minimum atomic E-state index is -0.532. The summed E-state index contributed by atoms with van der Waals surface area (Å²) in [4.78, 5) is 8.45. The zero-order chi connectivity index (χ0) is 14.1. The summed E-state index contributed by atoms with van der Waals surface area (Å²) in [6.45, 7) is 0. The average Bonchev–Trinajstić information content (AvgIpc) is 2.92. The lowest BCUT2D eigenvalue weighted by Crippen LogP contribution is -2.02. The van der Waals surface area contributed by atoms with Crippen molar-refractivity contribution in [3.63, 3.8) is 0 Å². The first-order valence-corrected chi connectivity index (χ1v) is 6.16. The van der Waals surface area contributed by atoms with Crippen molar-refractivity contribution >= 4 is 40.1 Å². The van der Waals surface area contributed by atoms with Crippen molar-refractivity contribution in [3.8, 4) is 0 Å². The maximum Gasteiger partial charge on any atom is 0.226 e. The molecular formula is C12H10ClFN6. The van der Waals surface area contributed by atoms with Crippen LogP contribution in [0.5, 0.6) is 0 Å². The summed E-state index contributed by atoms with van der Waals surface area (Å²) in [5, 5.41) is 13.1. The van der Waals surface area contributed by atoms with Crippen LogP contribution in [0.25, 0.3) is 11.0 Å². The Bertz CT molecular complexity index is 772. The van der Waals surface area contributed by atoms with Crippen molar-refractivity contribution in [1.82, 2.24) is 20.2 Å². The Morgan fingerprint density at radius 3 is 2.95 bits per heavy atom. The van der Waals surface area contributed by atoms with Crippen LogP contribution >= 0.6 is 11.6 Å². The lowest BCUT2D eigenvalue weighted by Gasteiger charge is -2.09. The van der Waals surface area contributed by atoms with Crippen LogP contribution in [0.4, 0.5) is 21.8 Å².